The minimum absolute atomic E-state index is 0.0604. The molecule has 0 aromatic heterocycles. The summed E-state index contributed by atoms with van der Waals surface area (Å²) in [6, 6.07) is 0. The van der Waals surface area contributed by atoms with Crippen molar-refractivity contribution >= 4 is 12.0 Å². The zero-order valence-corrected chi connectivity index (χ0v) is 11.2. The molecule has 104 valence electrons. The van der Waals surface area contributed by atoms with E-state index >= 15 is 0 Å². The number of amides is 2. The lowest BCUT2D eigenvalue weighted by molar-refractivity contribution is -0.124. The van der Waals surface area contributed by atoms with Gasteiger partial charge in [0, 0.05) is 13.1 Å². The maximum Gasteiger partial charge on any atom is 0.410 e. The number of nitrogens with zero attached hydrogens (tertiary/aromatic N) is 1. The molecule has 1 heterocycles. The van der Waals surface area contributed by atoms with Crippen LogP contribution in [0.1, 0.15) is 40.0 Å². The van der Waals surface area contributed by atoms with E-state index in [-0.39, 0.29) is 12.5 Å². The summed E-state index contributed by atoms with van der Waals surface area (Å²) in [4.78, 5) is 24.2. The van der Waals surface area contributed by atoms with Crippen molar-refractivity contribution in [3.63, 3.8) is 0 Å². The van der Waals surface area contributed by atoms with Crippen molar-refractivity contribution in [3.05, 3.63) is 0 Å². The van der Waals surface area contributed by atoms with Crippen LogP contribution < -0.4 is 5.73 Å². The van der Waals surface area contributed by atoms with Crippen molar-refractivity contribution in [2.24, 2.45) is 5.73 Å². The van der Waals surface area contributed by atoms with Gasteiger partial charge in [-0.3, -0.25) is 4.79 Å². The highest BCUT2D eigenvalue weighted by atomic mass is 16.6. The molecule has 0 aromatic carbocycles. The molecule has 0 aliphatic carbocycles. The number of aliphatic hydroxyl groups is 1. The smallest absolute Gasteiger partial charge is 0.410 e. The average molecular weight is 258 g/mol. The standard InChI is InChI=1S/C12H22N2O4/c1-11(2,3)18-10(16)14-6-4-12(17,5-7-14)8-9(13)15/h17H,4-8H2,1-3H3,(H2,13,15). The van der Waals surface area contributed by atoms with Gasteiger partial charge in [0.05, 0.1) is 12.0 Å². The first-order chi connectivity index (χ1) is 8.11. The number of piperidine rings is 1. The molecule has 0 radical (unpaired) electrons. The van der Waals surface area contributed by atoms with Crippen LogP contribution in [0.25, 0.3) is 0 Å². The van der Waals surface area contributed by atoms with Crippen molar-refractivity contribution < 1.29 is 19.4 Å². The van der Waals surface area contributed by atoms with Crippen molar-refractivity contribution in [3.8, 4) is 0 Å². The summed E-state index contributed by atoms with van der Waals surface area (Å²) in [5.41, 5.74) is 3.47. The number of likely N-dealkylation sites (tertiary alicyclic amines) is 1. The highest BCUT2D eigenvalue weighted by Crippen LogP contribution is 2.26. The first-order valence-corrected chi connectivity index (χ1v) is 6.10. The largest absolute Gasteiger partial charge is 0.444 e. The summed E-state index contributed by atoms with van der Waals surface area (Å²) in [6.07, 6.45) is 0.239. The van der Waals surface area contributed by atoms with E-state index in [0.717, 1.165) is 0 Å². The Bertz CT molecular complexity index is 327. The van der Waals surface area contributed by atoms with Gasteiger partial charge in [-0.15, -0.1) is 0 Å². The Morgan fingerprint density at radius 3 is 2.22 bits per heavy atom. The van der Waals surface area contributed by atoms with Gasteiger partial charge in [0.2, 0.25) is 5.91 Å². The molecule has 18 heavy (non-hydrogen) atoms. The van der Waals surface area contributed by atoms with Crippen LogP contribution in [0.3, 0.4) is 0 Å². The monoisotopic (exact) mass is 258 g/mol. The van der Waals surface area contributed by atoms with Gasteiger partial charge in [0.1, 0.15) is 5.60 Å². The van der Waals surface area contributed by atoms with Crippen LogP contribution in [-0.4, -0.2) is 46.3 Å². The van der Waals surface area contributed by atoms with E-state index in [4.69, 9.17) is 10.5 Å². The first-order valence-electron chi connectivity index (χ1n) is 6.10. The Kier molecular flexibility index (Phi) is 4.21. The second-order valence-corrected chi connectivity index (χ2v) is 5.83. The van der Waals surface area contributed by atoms with E-state index in [9.17, 15) is 14.7 Å². The Morgan fingerprint density at radius 1 is 1.33 bits per heavy atom. The average Bonchev–Trinajstić information content (AvgIpc) is 2.13. The van der Waals surface area contributed by atoms with E-state index in [0.29, 0.717) is 25.9 Å². The van der Waals surface area contributed by atoms with E-state index in [1.165, 1.54) is 0 Å². The van der Waals surface area contributed by atoms with Crippen LogP contribution in [0.15, 0.2) is 0 Å². The van der Waals surface area contributed by atoms with Crippen LogP contribution in [-0.2, 0) is 9.53 Å². The molecule has 0 atom stereocenters. The molecule has 1 aliphatic rings. The summed E-state index contributed by atoms with van der Waals surface area (Å²) in [6.45, 7) is 6.16. The van der Waals surface area contributed by atoms with Crippen LogP contribution >= 0.6 is 0 Å². The zero-order valence-electron chi connectivity index (χ0n) is 11.2. The van der Waals surface area contributed by atoms with Crippen molar-refractivity contribution in [2.45, 2.75) is 51.2 Å². The number of carbonyl (C=O) groups is 2. The van der Waals surface area contributed by atoms with E-state index < -0.39 is 17.1 Å². The highest BCUT2D eigenvalue weighted by molar-refractivity contribution is 5.75. The third kappa shape index (κ3) is 4.52. The molecule has 1 saturated heterocycles. The molecule has 0 bridgehead atoms. The summed E-state index contributed by atoms with van der Waals surface area (Å²) in [5.74, 6) is -0.525. The molecule has 1 fully saturated rings. The topological polar surface area (TPSA) is 92.9 Å². The maximum absolute atomic E-state index is 11.8. The maximum atomic E-state index is 11.8. The molecule has 0 spiro atoms. The number of carbonyl (C=O) groups excluding carboxylic acids is 2. The van der Waals surface area contributed by atoms with Gasteiger partial charge in [0.25, 0.3) is 0 Å². The fourth-order valence-corrected chi connectivity index (χ4v) is 1.93. The van der Waals surface area contributed by atoms with Crippen LogP contribution in [0, 0.1) is 0 Å². The van der Waals surface area contributed by atoms with Gasteiger partial charge in [-0.05, 0) is 33.6 Å². The number of ether oxygens (including phenoxy) is 1. The molecule has 0 saturated carbocycles. The lowest BCUT2D eigenvalue weighted by Gasteiger charge is -2.38. The third-order valence-corrected chi connectivity index (χ3v) is 2.85. The Labute approximate surface area is 107 Å². The van der Waals surface area contributed by atoms with E-state index in [2.05, 4.69) is 0 Å². The third-order valence-electron chi connectivity index (χ3n) is 2.85. The van der Waals surface area contributed by atoms with Crippen LogP contribution in [0.2, 0.25) is 0 Å². The quantitative estimate of drug-likeness (QED) is 0.759. The van der Waals surface area contributed by atoms with Crippen LogP contribution in [0.5, 0.6) is 0 Å². The first kappa shape index (κ1) is 14.8. The predicted octanol–water partition coefficient (Wildman–Crippen LogP) is 0.624. The lowest BCUT2D eigenvalue weighted by atomic mass is 9.88. The molecule has 1 rings (SSSR count). The summed E-state index contributed by atoms with van der Waals surface area (Å²) >= 11 is 0. The molecule has 0 unspecified atom stereocenters. The Balaban J connectivity index is 2.48. The molecule has 2 amide bonds. The normalized spacial score (nSPS) is 19.4. The van der Waals surface area contributed by atoms with E-state index in [1.54, 1.807) is 25.7 Å². The van der Waals surface area contributed by atoms with Crippen LogP contribution in [0.4, 0.5) is 4.79 Å². The molecular formula is C12H22N2O4. The Morgan fingerprint density at radius 2 is 1.83 bits per heavy atom. The van der Waals surface area contributed by atoms with Crippen molar-refractivity contribution in [1.82, 2.24) is 4.90 Å². The second kappa shape index (κ2) is 5.14. The molecular weight excluding hydrogens is 236 g/mol. The number of primary amides is 1. The molecule has 6 nitrogen and oxygen atoms in total. The number of hydrogen-bond acceptors (Lipinski definition) is 4. The minimum atomic E-state index is -1.08. The van der Waals surface area contributed by atoms with Gasteiger partial charge in [-0.1, -0.05) is 0 Å². The highest BCUT2D eigenvalue weighted by Gasteiger charge is 2.36. The summed E-state index contributed by atoms with van der Waals surface area (Å²) in [7, 11) is 0. The predicted molar refractivity (Wildman–Crippen MR) is 65.8 cm³/mol. The van der Waals surface area contributed by atoms with Crippen molar-refractivity contribution in [2.75, 3.05) is 13.1 Å². The zero-order chi connectivity index (χ0) is 14.0. The number of rotatable bonds is 2. The lowest BCUT2D eigenvalue weighted by Crippen LogP contribution is -2.49. The molecule has 1 aliphatic heterocycles. The fourth-order valence-electron chi connectivity index (χ4n) is 1.93. The summed E-state index contributed by atoms with van der Waals surface area (Å²) < 4.78 is 5.24. The number of nitrogens with two attached hydrogens (primary N) is 1. The molecule has 3 N–H and O–H groups in total. The SMILES string of the molecule is CC(C)(C)OC(=O)N1CCC(O)(CC(N)=O)CC1. The molecule has 6 heteroatoms. The molecule has 0 aromatic rings. The van der Waals surface area contributed by atoms with Gasteiger partial charge in [-0.25, -0.2) is 4.79 Å². The van der Waals surface area contributed by atoms with Gasteiger partial charge >= 0.3 is 6.09 Å². The second-order valence-electron chi connectivity index (χ2n) is 5.83. The van der Waals surface area contributed by atoms with E-state index in [1.807, 2.05) is 0 Å². The summed E-state index contributed by atoms with van der Waals surface area (Å²) in [5, 5.41) is 10.1. The van der Waals surface area contributed by atoms with Crippen molar-refractivity contribution in [1.29, 1.82) is 0 Å². The van der Waals surface area contributed by atoms with Gasteiger partial charge < -0.3 is 20.5 Å². The van der Waals surface area contributed by atoms with Gasteiger partial charge in [-0.2, -0.15) is 0 Å². The fraction of sp³-hybridized carbons (Fsp3) is 0.833. The number of hydrogen-bond donors (Lipinski definition) is 2. The van der Waals surface area contributed by atoms with Gasteiger partial charge in [0.15, 0.2) is 0 Å². The minimum Gasteiger partial charge on any atom is -0.444 e. The Hall–Kier alpha value is -1.30.